The van der Waals surface area contributed by atoms with E-state index in [0.717, 1.165) is 61.5 Å². The van der Waals surface area contributed by atoms with E-state index in [2.05, 4.69) is 48.7 Å². The summed E-state index contributed by atoms with van der Waals surface area (Å²) in [4.78, 5) is 23.9. The van der Waals surface area contributed by atoms with Gasteiger partial charge in [-0.05, 0) is 69.3 Å². The summed E-state index contributed by atoms with van der Waals surface area (Å²) in [6.07, 6.45) is 25.8. The quantitative estimate of drug-likeness (QED) is 0.254. The van der Waals surface area contributed by atoms with Crippen molar-refractivity contribution in [2.45, 2.75) is 102 Å². The normalized spacial score (nSPS) is 32.9. The number of hydrogen-bond donors (Lipinski definition) is 6. The van der Waals surface area contributed by atoms with E-state index in [1.165, 1.54) is 83.0 Å². The topological polar surface area (TPSA) is 216 Å². The van der Waals surface area contributed by atoms with E-state index in [1.807, 2.05) is 30.4 Å². The van der Waals surface area contributed by atoms with E-state index < -0.39 is 0 Å². The van der Waals surface area contributed by atoms with Crippen LogP contribution in [0.5, 0.6) is 0 Å². The number of hydrazine groups is 2. The molecule has 2 saturated carbocycles. The van der Waals surface area contributed by atoms with Crippen molar-refractivity contribution >= 4 is 29.2 Å². The van der Waals surface area contributed by atoms with Gasteiger partial charge < -0.3 is 26.9 Å². The fraction of sp³-hybridized carbons (Fsp3) is 0.639. The van der Waals surface area contributed by atoms with Gasteiger partial charge in [-0.2, -0.15) is 0 Å². The molecule has 7 aliphatic rings. The SMILES string of the molecule is C1=CCNC(/N=C2\NNC(=Nc3ccccn3)C3CCCCC23)=C1.C1CCC(/N=C2\NN/C(=N/C3CCCC[NH2+]3)C3CCCCC23)[N-]C1.O.O.[Cu+2]. The molecule has 6 unspecified atom stereocenters. The minimum Gasteiger partial charge on any atom is -0.640 e. The Balaban J connectivity index is 0.000000216. The van der Waals surface area contributed by atoms with Crippen LogP contribution in [0.15, 0.2) is 68.4 Å². The van der Waals surface area contributed by atoms with Crippen LogP contribution < -0.4 is 32.3 Å². The molecule has 5 aliphatic heterocycles. The van der Waals surface area contributed by atoms with Crippen LogP contribution in [0.1, 0.15) is 89.9 Å². The van der Waals surface area contributed by atoms with E-state index in [9.17, 15) is 0 Å². The van der Waals surface area contributed by atoms with E-state index in [-0.39, 0.29) is 34.2 Å². The molecule has 8 rings (SSSR count). The standard InChI is InChI=1S/C18H31N6.C18H22N6.Cu.2H2O/c2*1-2-8-14-13(7-1)17(21-15-9-3-5-11-19-15)23-24-18(14)22-16-10-4-6-12-20-16;;;/h13-16,19H,1-12H2,(H,21,23)(H,22,24);3-6,9-11,13-14,20H,1-2,7-8,12H2,(H,22,24)(H,19,21,23);;2*1H2/q-1;;+2;;/p+1. The first-order valence-corrected chi connectivity index (χ1v) is 18.7. The summed E-state index contributed by atoms with van der Waals surface area (Å²) in [5, 5.41) is 10.4. The number of nitrogens with zero attached hydrogens (tertiary/aromatic N) is 6. The number of aliphatic imine (C=N–C) groups is 4. The Morgan fingerprint density at radius 1 is 0.686 bits per heavy atom. The summed E-state index contributed by atoms with van der Waals surface area (Å²) in [5.74, 6) is 7.76. The average Bonchev–Trinajstić information content (AvgIpc) is 3.16. The van der Waals surface area contributed by atoms with Gasteiger partial charge in [0.2, 0.25) is 0 Å². The molecule has 4 saturated heterocycles. The summed E-state index contributed by atoms with van der Waals surface area (Å²) >= 11 is 0. The minimum atomic E-state index is 0. The maximum Gasteiger partial charge on any atom is 2.00 e. The smallest absolute Gasteiger partial charge is 0.640 e. The molecule has 2 aliphatic carbocycles. The molecule has 6 atom stereocenters. The largest absolute Gasteiger partial charge is 2.00 e. The Morgan fingerprint density at radius 2 is 1.31 bits per heavy atom. The summed E-state index contributed by atoms with van der Waals surface area (Å²) in [5.41, 5.74) is 13.3. The van der Waals surface area contributed by atoms with Gasteiger partial charge in [-0.25, -0.2) is 20.0 Å². The number of nitrogens with two attached hydrogens (primary N) is 1. The van der Waals surface area contributed by atoms with Crippen molar-refractivity contribution in [3.63, 3.8) is 0 Å². The van der Waals surface area contributed by atoms with Crippen molar-refractivity contribution in [3.05, 3.63) is 53.8 Å². The maximum absolute atomic E-state index is 5.07. The van der Waals surface area contributed by atoms with Crippen molar-refractivity contribution in [2.24, 2.45) is 43.6 Å². The van der Waals surface area contributed by atoms with Crippen LogP contribution in [0, 0.1) is 23.7 Å². The fourth-order valence-corrected chi connectivity index (χ4v) is 8.13. The third kappa shape index (κ3) is 10.8. The predicted molar refractivity (Wildman–Crippen MR) is 200 cm³/mol. The second-order valence-corrected chi connectivity index (χ2v) is 14.0. The number of amidine groups is 4. The second-order valence-electron chi connectivity index (χ2n) is 14.0. The van der Waals surface area contributed by atoms with Crippen molar-refractivity contribution < 1.29 is 33.3 Å². The van der Waals surface area contributed by atoms with Crippen LogP contribution in [0.25, 0.3) is 5.32 Å². The zero-order valence-electron chi connectivity index (χ0n) is 29.6. The maximum atomic E-state index is 5.07. The molecule has 6 fully saturated rings. The van der Waals surface area contributed by atoms with Crippen LogP contribution >= 0.6 is 0 Å². The summed E-state index contributed by atoms with van der Waals surface area (Å²) in [7, 11) is 0. The molecule has 51 heavy (non-hydrogen) atoms. The number of fused-ring (bicyclic) bond motifs is 2. The Labute approximate surface area is 312 Å². The molecule has 6 heterocycles. The van der Waals surface area contributed by atoms with Crippen molar-refractivity contribution in [2.75, 3.05) is 19.6 Å². The summed E-state index contributed by atoms with van der Waals surface area (Å²) in [6, 6.07) is 5.80. The monoisotopic (exact) mass is 753 g/mol. The molecule has 1 aromatic heterocycles. The predicted octanol–water partition coefficient (Wildman–Crippen LogP) is 2.43. The summed E-state index contributed by atoms with van der Waals surface area (Å²) in [6.45, 7) is 3.03. The molecule has 0 aromatic carbocycles. The van der Waals surface area contributed by atoms with Crippen molar-refractivity contribution in [1.29, 1.82) is 0 Å². The van der Waals surface area contributed by atoms with Gasteiger partial charge in [-0.15, -0.1) is 6.54 Å². The van der Waals surface area contributed by atoms with Crippen LogP contribution in [0.4, 0.5) is 5.82 Å². The van der Waals surface area contributed by atoms with E-state index in [4.69, 9.17) is 20.0 Å². The van der Waals surface area contributed by atoms with Gasteiger partial charge in [0.05, 0.1) is 6.54 Å². The number of piperidine rings is 2. The van der Waals surface area contributed by atoms with E-state index in [0.29, 0.717) is 29.8 Å². The van der Waals surface area contributed by atoms with E-state index in [1.54, 1.807) is 6.20 Å². The number of allylic oxidation sites excluding steroid dienone is 2. The molecule has 283 valence electrons. The molecule has 15 heteroatoms. The molecular formula is C36H58CuN12O2+2. The Hall–Kier alpha value is -3.33. The minimum absolute atomic E-state index is 0. The van der Waals surface area contributed by atoms with Gasteiger partial charge in [0.1, 0.15) is 29.2 Å². The first kappa shape index (κ1) is 40.4. The molecule has 1 aromatic rings. The van der Waals surface area contributed by atoms with Gasteiger partial charge in [0.15, 0.2) is 12.0 Å². The number of dihydropyridines is 1. The number of rotatable bonds is 4. The number of aromatic nitrogens is 1. The van der Waals surface area contributed by atoms with Crippen LogP contribution in [0.3, 0.4) is 0 Å². The Morgan fingerprint density at radius 3 is 1.90 bits per heavy atom. The van der Waals surface area contributed by atoms with Crippen molar-refractivity contribution in [1.82, 2.24) is 32.0 Å². The Kier molecular flexibility index (Phi) is 16.4. The summed E-state index contributed by atoms with van der Waals surface area (Å²) < 4.78 is 0. The van der Waals surface area contributed by atoms with Gasteiger partial charge >= 0.3 is 17.1 Å². The first-order valence-electron chi connectivity index (χ1n) is 18.7. The molecule has 11 N–H and O–H groups in total. The fourth-order valence-electron chi connectivity index (χ4n) is 8.13. The molecule has 0 bridgehead atoms. The van der Waals surface area contributed by atoms with Gasteiger partial charge in [0.25, 0.3) is 0 Å². The van der Waals surface area contributed by atoms with Gasteiger partial charge in [0, 0.05) is 42.8 Å². The molecular weight excluding hydrogens is 696 g/mol. The Bertz CT molecular complexity index is 1360. The number of nitrogens with one attached hydrogen (secondary N) is 5. The van der Waals surface area contributed by atoms with E-state index >= 15 is 0 Å². The number of hydrogen-bond acceptors (Lipinski definition) is 6. The third-order valence-electron chi connectivity index (χ3n) is 10.7. The molecule has 0 spiro atoms. The zero-order valence-corrected chi connectivity index (χ0v) is 30.5. The van der Waals surface area contributed by atoms with Gasteiger partial charge in [-0.1, -0.05) is 56.7 Å². The number of quaternary nitrogens is 1. The second kappa shape index (κ2) is 20.6. The first-order chi connectivity index (χ1) is 23.8. The molecule has 1 radical (unpaired) electrons. The average molecular weight is 754 g/mol. The van der Waals surface area contributed by atoms with Crippen LogP contribution in [-0.2, 0) is 17.1 Å². The van der Waals surface area contributed by atoms with Crippen LogP contribution in [0.2, 0.25) is 0 Å². The van der Waals surface area contributed by atoms with Crippen LogP contribution in [-0.4, -0.2) is 71.2 Å². The molecule has 14 nitrogen and oxygen atoms in total. The number of pyridine rings is 1. The van der Waals surface area contributed by atoms with Gasteiger partial charge in [-0.3, -0.25) is 26.7 Å². The zero-order chi connectivity index (χ0) is 32.4. The molecule has 0 amide bonds. The third-order valence-corrected chi connectivity index (χ3v) is 10.7. The van der Waals surface area contributed by atoms with Crippen molar-refractivity contribution in [3.8, 4) is 0 Å².